The summed E-state index contributed by atoms with van der Waals surface area (Å²) in [5.74, 6) is 1.79. The van der Waals surface area contributed by atoms with E-state index in [0.717, 1.165) is 37.5 Å². The van der Waals surface area contributed by atoms with E-state index in [0.29, 0.717) is 0 Å². The molecule has 0 aromatic carbocycles. The summed E-state index contributed by atoms with van der Waals surface area (Å²) in [6.07, 6.45) is 8.19. The molecule has 0 aromatic heterocycles. The summed E-state index contributed by atoms with van der Waals surface area (Å²) >= 11 is 0. The molecule has 0 saturated heterocycles. The zero-order valence-corrected chi connectivity index (χ0v) is 11.3. The smallest absolute Gasteiger partial charge is 0.0474 e. The van der Waals surface area contributed by atoms with Crippen LogP contribution in [0.5, 0.6) is 0 Å². The topological polar surface area (TPSA) is 21.3 Å². The van der Waals surface area contributed by atoms with Gasteiger partial charge in [-0.05, 0) is 44.1 Å². The van der Waals surface area contributed by atoms with Crippen LogP contribution in [0.2, 0.25) is 0 Å². The van der Waals surface area contributed by atoms with Crippen molar-refractivity contribution in [3.8, 4) is 0 Å². The molecule has 0 spiro atoms. The second-order valence-corrected chi connectivity index (χ2v) is 5.57. The molecule has 0 bridgehead atoms. The van der Waals surface area contributed by atoms with Crippen LogP contribution in [0.1, 0.15) is 52.4 Å². The van der Waals surface area contributed by atoms with Crippen LogP contribution in [-0.2, 0) is 4.74 Å². The molecule has 1 N–H and O–H groups in total. The third-order valence-electron chi connectivity index (χ3n) is 3.71. The molecule has 2 atom stereocenters. The van der Waals surface area contributed by atoms with Gasteiger partial charge in [0.25, 0.3) is 0 Å². The number of methoxy groups -OCH3 is 1. The molecule has 1 rings (SSSR count). The van der Waals surface area contributed by atoms with Gasteiger partial charge in [-0.25, -0.2) is 0 Å². The van der Waals surface area contributed by atoms with Crippen molar-refractivity contribution in [3.05, 3.63) is 0 Å². The molecule has 1 fully saturated rings. The van der Waals surface area contributed by atoms with Crippen LogP contribution in [0.4, 0.5) is 0 Å². The Bertz CT molecular complexity index is 170. The van der Waals surface area contributed by atoms with Crippen LogP contribution in [-0.4, -0.2) is 26.3 Å². The van der Waals surface area contributed by atoms with Crippen molar-refractivity contribution in [2.75, 3.05) is 20.3 Å². The molecule has 2 unspecified atom stereocenters. The van der Waals surface area contributed by atoms with Crippen molar-refractivity contribution in [2.24, 2.45) is 11.8 Å². The molecule has 2 heteroatoms. The van der Waals surface area contributed by atoms with Gasteiger partial charge in [0.1, 0.15) is 0 Å². The molecule has 0 aliphatic heterocycles. The van der Waals surface area contributed by atoms with Crippen molar-refractivity contribution in [3.63, 3.8) is 0 Å². The number of ether oxygens (including phenoxy) is 1. The van der Waals surface area contributed by atoms with E-state index in [1.807, 2.05) is 0 Å². The monoisotopic (exact) mass is 227 g/mol. The lowest BCUT2D eigenvalue weighted by molar-refractivity contribution is 0.192. The highest BCUT2D eigenvalue weighted by molar-refractivity contribution is 4.83. The van der Waals surface area contributed by atoms with E-state index in [1.54, 1.807) is 7.11 Å². The Labute approximate surface area is 101 Å². The quantitative estimate of drug-likeness (QED) is 0.643. The largest absolute Gasteiger partial charge is 0.385 e. The fraction of sp³-hybridized carbons (Fsp3) is 1.00. The number of hydrogen-bond acceptors (Lipinski definition) is 2. The fourth-order valence-corrected chi connectivity index (χ4v) is 2.70. The Morgan fingerprint density at radius 2 is 2.12 bits per heavy atom. The molecule has 0 aromatic rings. The molecule has 96 valence electrons. The van der Waals surface area contributed by atoms with E-state index >= 15 is 0 Å². The van der Waals surface area contributed by atoms with Gasteiger partial charge in [0.2, 0.25) is 0 Å². The van der Waals surface area contributed by atoms with Gasteiger partial charge in [0.15, 0.2) is 0 Å². The molecule has 16 heavy (non-hydrogen) atoms. The molecule has 1 saturated carbocycles. The van der Waals surface area contributed by atoms with Gasteiger partial charge in [-0.15, -0.1) is 0 Å². The summed E-state index contributed by atoms with van der Waals surface area (Å²) in [6, 6.07) is 0.788. The standard InChI is InChI=1S/C14H29NO/c1-12(2)8-9-13-6-4-7-14(13)15-10-5-11-16-3/h12-15H,4-11H2,1-3H3. The lowest BCUT2D eigenvalue weighted by atomic mass is 9.93. The zero-order chi connectivity index (χ0) is 11.8. The van der Waals surface area contributed by atoms with E-state index in [-0.39, 0.29) is 0 Å². The Balaban J connectivity index is 2.13. The third kappa shape index (κ3) is 5.31. The minimum atomic E-state index is 0.788. The predicted octanol–water partition coefficient (Wildman–Crippen LogP) is 3.22. The molecule has 2 nitrogen and oxygen atoms in total. The molecule has 0 heterocycles. The van der Waals surface area contributed by atoms with E-state index in [9.17, 15) is 0 Å². The van der Waals surface area contributed by atoms with Crippen molar-refractivity contribution >= 4 is 0 Å². The van der Waals surface area contributed by atoms with Gasteiger partial charge in [0, 0.05) is 19.8 Å². The van der Waals surface area contributed by atoms with Gasteiger partial charge in [-0.3, -0.25) is 0 Å². The third-order valence-corrected chi connectivity index (χ3v) is 3.71. The maximum Gasteiger partial charge on any atom is 0.0474 e. The van der Waals surface area contributed by atoms with Crippen LogP contribution in [0.15, 0.2) is 0 Å². The number of nitrogens with one attached hydrogen (secondary N) is 1. The lowest BCUT2D eigenvalue weighted by Crippen LogP contribution is -2.33. The Hall–Kier alpha value is -0.0800. The van der Waals surface area contributed by atoms with E-state index in [2.05, 4.69) is 19.2 Å². The Kier molecular flexibility index (Phi) is 7.06. The molecular weight excluding hydrogens is 198 g/mol. The highest BCUT2D eigenvalue weighted by Gasteiger charge is 2.26. The number of hydrogen-bond donors (Lipinski definition) is 1. The minimum absolute atomic E-state index is 0.788. The average Bonchev–Trinajstić information content (AvgIpc) is 2.69. The van der Waals surface area contributed by atoms with Crippen LogP contribution in [0, 0.1) is 11.8 Å². The maximum atomic E-state index is 5.07. The predicted molar refractivity (Wildman–Crippen MR) is 69.7 cm³/mol. The van der Waals surface area contributed by atoms with Crippen LogP contribution in [0.25, 0.3) is 0 Å². The fourth-order valence-electron chi connectivity index (χ4n) is 2.70. The summed E-state index contributed by atoms with van der Waals surface area (Å²) in [4.78, 5) is 0. The first-order chi connectivity index (χ1) is 7.74. The normalized spacial score (nSPS) is 25.5. The minimum Gasteiger partial charge on any atom is -0.385 e. The van der Waals surface area contributed by atoms with Crippen molar-refractivity contribution in [1.29, 1.82) is 0 Å². The highest BCUT2D eigenvalue weighted by atomic mass is 16.5. The molecule has 0 amide bonds. The first kappa shape index (κ1) is 14.0. The van der Waals surface area contributed by atoms with E-state index < -0.39 is 0 Å². The first-order valence-electron chi connectivity index (χ1n) is 6.96. The van der Waals surface area contributed by atoms with E-state index in [1.165, 1.54) is 32.1 Å². The summed E-state index contributed by atoms with van der Waals surface area (Å²) in [5, 5.41) is 3.71. The molecule has 0 radical (unpaired) electrons. The van der Waals surface area contributed by atoms with Crippen molar-refractivity contribution in [1.82, 2.24) is 5.32 Å². The SMILES string of the molecule is COCCCNC1CCCC1CCC(C)C. The van der Waals surface area contributed by atoms with Gasteiger partial charge in [-0.1, -0.05) is 26.7 Å². The summed E-state index contributed by atoms with van der Waals surface area (Å²) in [5.41, 5.74) is 0. The van der Waals surface area contributed by atoms with Gasteiger partial charge in [0.05, 0.1) is 0 Å². The molecular formula is C14H29NO. The highest BCUT2D eigenvalue weighted by Crippen LogP contribution is 2.30. The van der Waals surface area contributed by atoms with Crippen LogP contribution < -0.4 is 5.32 Å². The molecule has 1 aliphatic rings. The summed E-state index contributed by atoms with van der Waals surface area (Å²) in [7, 11) is 1.78. The van der Waals surface area contributed by atoms with Gasteiger partial charge in [-0.2, -0.15) is 0 Å². The van der Waals surface area contributed by atoms with Crippen molar-refractivity contribution in [2.45, 2.75) is 58.4 Å². The van der Waals surface area contributed by atoms with Crippen LogP contribution >= 0.6 is 0 Å². The van der Waals surface area contributed by atoms with E-state index in [4.69, 9.17) is 4.74 Å². The average molecular weight is 227 g/mol. The van der Waals surface area contributed by atoms with Gasteiger partial charge >= 0.3 is 0 Å². The second-order valence-electron chi connectivity index (χ2n) is 5.57. The molecule has 1 aliphatic carbocycles. The van der Waals surface area contributed by atoms with Crippen LogP contribution in [0.3, 0.4) is 0 Å². The Morgan fingerprint density at radius 3 is 2.81 bits per heavy atom. The Morgan fingerprint density at radius 1 is 1.31 bits per heavy atom. The second kappa shape index (κ2) is 8.08. The maximum absolute atomic E-state index is 5.07. The summed E-state index contributed by atoms with van der Waals surface area (Å²) < 4.78 is 5.07. The number of rotatable bonds is 8. The zero-order valence-electron chi connectivity index (χ0n) is 11.3. The van der Waals surface area contributed by atoms with Crippen molar-refractivity contribution < 1.29 is 4.74 Å². The lowest BCUT2D eigenvalue weighted by Gasteiger charge is -2.21. The summed E-state index contributed by atoms with van der Waals surface area (Å²) in [6.45, 7) is 6.67. The first-order valence-corrected chi connectivity index (χ1v) is 6.96. The van der Waals surface area contributed by atoms with Gasteiger partial charge < -0.3 is 10.1 Å².